The number of rotatable bonds is 7. The average molecular weight is 356 g/mol. The van der Waals surface area contributed by atoms with Gasteiger partial charge in [0.15, 0.2) is 0 Å². The molecule has 1 N–H and O–H groups in total. The molecule has 0 heterocycles. The third kappa shape index (κ3) is 5.50. The number of thioether (sulfide) groups is 2. The van der Waals surface area contributed by atoms with E-state index in [-0.39, 0.29) is 6.04 Å². The SMILES string of the molecule is CS/C(=C\C=C\C(C)Nc1ccccc1C)c1cccc(SC)c1. The first-order chi connectivity index (χ1) is 11.6. The fourth-order valence-electron chi connectivity index (χ4n) is 2.40. The number of hydrogen-bond donors (Lipinski definition) is 1. The Morgan fingerprint density at radius 2 is 1.88 bits per heavy atom. The van der Waals surface area contributed by atoms with Crippen LogP contribution in [0.3, 0.4) is 0 Å². The second-order valence-electron chi connectivity index (χ2n) is 5.60. The standard InChI is InChI=1S/C21H25NS2/c1-16-9-5-6-13-20(16)22-17(2)10-7-14-21(24-4)18-11-8-12-19(15-18)23-3/h5-15,17,22H,1-4H3/b10-7+,21-14-. The van der Waals surface area contributed by atoms with Gasteiger partial charge in [-0.05, 0) is 61.8 Å². The van der Waals surface area contributed by atoms with Crippen LogP contribution in [-0.4, -0.2) is 18.6 Å². The number of nitrogens with one attached hydrogen (secondary N) is 1. The molecule has 1 unspecified atom stereocenters. The lowest BCUT2D eigenvalue weighted by Gasteiger charge is -2.13. The van der Waals surface area contributed by atoms with Crippen molar-refractivity contribution in [2.45, 2.75) is 24.8 Å². The molecule has 0 saturated heterocycles. The first-order valence-corrected chi connectivity index (χ1v) is 10.5. The van der Waals surface area contributed by atoms with Crippen LogP contribution < -0.4 is 5.32 Å². The first kappa shape index (κ1) is 18.8. The zero-order valence-corrected chi connectivity index (χ0v) is 16.4. The van der Waals surface area contributed by atoms with Crippen LogP contribution >= 0.6 is 23.5 Å². The van der Waals surface area contributed by atoms with Gasteiger partial charge in [-0.1, -0.05) is 42.5 Å². The molecular formula is C21H25NS2. The van der Waals surface area contributed by atoms with E-state index in [0.717, 1.165) is 0 Å². The summed E-state index contributed by atoms with van der Waals surface area (Å²) in [6.45, 7) is 4.30. The first-order valence-electron chi connectivity index (χ1n) is 8.03. The van der Waals surface area contributed by atoms with Crippen LogP contribution in [0.5, 0.6) is 0 Å². The van der Waals surface area contributed by atoms with E-state index in [9.17, 15) is 0 Å². The number of allylic oxidation sites excluding steroid dienone is 2. The Bertz CT molecular complexity index is 719. The van der Waals surface area contributed by atoms with Crippen molar-refractivity contribution >= 4 is 34.1 Å². The van der Waals surface area contributed by atoms with Crippen LogP contribution in [-0.2, 0) is 0 Å². The molecule has 24 heavy (non-hydrogen) atoms. The lowest BCUT2D eigenvalue weighted by Crippen LogP contribution is -2.12. The highest BCUT2D eigenvalue weighted by atomic mass is 32.2. The van der Waals surface area contributed by atoms with Gasteiger partial charge in [0, 0.05) is 21.5 Å². The summed E-state index contributed by atoms with van der Waals surface area (Å²) in [5.74, 6) is 0. The van der Waals surface area contributed by atoms with E-state index in [1.165, 1.54) is 26.6 Å². The molecule has 0 amide bonds. The van der Waals surface area contributed by atoms with E-state index in [2.05, 4.69) is 98.4 Å². The van der Waals surface area contributed by atoms with Crippen molar-refractivity contribution in [3.05, 3.63) is 77.9 Å². The van der Waals surface area contributed by atoms with Crippen LogP contribution in [0.1, 0.15) is 18.1 Å². The van der Waals surface area contributed by atoms with Crippen molar-refractivity contribution in [3.8, 4) is 0 Å². The highest BCUT2D eigenvalue weighted by Gasteiger charge is 2.02. The quantitative estimate of drug-likeness (QED) is 0.451. The van der Waals surface area contributed by atoms with E-state index < -0.39 is 0 Å². The monoisotopic (exact) mass is 355 g/mol. The van der Waals surface area contributed by atoms with Gasteiger partial charge in [-0.3, -0.25) is 0 Å². The molecule has 0 fully saturated rings. The number of hydrogen-bond acceptors (Lipinski definition) is 3. The molecule has 0 bridgehead atoms. The van der Waals surface area contributed by atoms with Gasteiger partial charge in [-0.25, -0.2) is 0 Å². The molecule has 2 aromatic carbocycles. The van der Waals surface area contributed by atoms with Crippen molar-refractivity contribution in [2.24, 2.45) is 0 Å². The number of aryl methyl sites for hydroxylation is 1. The maximum Gasteiger partial charge on any atom is 0.0419 e. The van der Waals surface area contributed by atoms with Crippen LogP contribution in [0.15, 0.2) is 71.7 Å². The van der Waals surface area contributed by atoms with Gasteiger partial charge >= 0.3 is 0 Å². The Balaban J connectivity index is 2.06. The third-order valence-electron chi connectivity index (χ3n) is 3.75. The molecule has 2 aromatic rings. The van der Waals surface area contributed by atoms with Gasteiger partial charge in [-0.15, -0.1) is 23.5 Å². The van der Waals surface area contributed by atoms with Crippen molar-refractivity contribution in [3.63, 3.8) is 0 Å². The highest BCUT2D eigenvalue weighted by molar-refractivity contribution is 8.07. The Hall–Kier alpha value is -1.58. The van der Waals surface area contributed by atoms with Crippen LogP contribution in [0.2, 0.25) is 0 Å². The molecule has 126 valence electrons. The van der Waals surface area contributed by atoms with Gasteiger partial charge in [0.2, 0.25) is 0 Å². The fourth-order valence-corrected chi connectivity index (χ4v) is 3.43. The van der Waals surface area contributed by atoms with E-state index >= 15 is 0 Å². The van der Waals surface area contributed by atoms with Crippen molar-refractivity contribution in [1.29, 1.82) is 0 Å². The van der Waals surface area contributed by atoms with Gasteiger partial charge < -0.3 is 5.32 Å². The van der Waals surface area contributed by atoms with E-state index in [1.54, 1.807) is 23.5 Å². The van der Waals surface area contributed by atoms with Gasteiger partial charge in [0.05, 0.1) is 0 Å². The molecule has 0 aromatic heterocycles. The normalized spacial score (nSPS) is 13.2. The topological polar surface area (TPSA) is 12.0 Å². The maximum atomic E-state index is 3.53. The zero-order valence-electron chi connectivity index (χ0n) is 14.7. The van der Waals surface area contributed by atoms with Crippen LogP contribution in [0, 0.1) is 6.92 Å². The van der Waals surface area contributed by atoms with Gasteiger partial charge in [0.25, 0.3) is 0 Å². The molecular weight excluding hydrogens is 330 g/mol. The predicted molar refractivity (Wildman–Crippen MR) is 113 cm³/mol. The molecule has 3 heteroatoms. The van der Waals surface area contributed by atoms with Crippen molar-refractivity contribution in [1.82, 2.24) is 0 Å². The Morgan fingerprint density at radius 3 is 2.58 bits per heavy atom. The molecule has 1 nitrogen and oxygen atoms in total. The van der Waals surface area contributed by atoms with Gasteiger partial charge in [-0.2, -0.15) is 0 Å². The third-order valence-corrected chi connectivity index (χ3v) is 5.29. The second kappa shape index (κ2) is 9.65. The molecule has 0 radical (unpaired) electrons. The molecule has 0 saturated carbocycles. The summed E-state index contributed by atoms with van der Waals surface area (Å²) in [7, 11) is 0. The average Bonchev–Trinajstić information content (AvgIpc) is 2.61. The lowest BCUT2D eigenvalue weighted by molar-refractivity contribution is 0.994. The van der Waals surface area contributed by atoms with Crippen molar-refractivity contribution in [2.75, 3.05) is 17.8 Å². The second-order valence-corrected chi connectivity index (χ2v) is 7.33. The molecule has 1 atom stereocenters. The van der Waals surface area contributed by atoms with E-state index in [0.29, 0.717) is 0 Å². The smallest absolute Gasteiger partial charge is 0.0419 e. The summed E-state index contributed by atoms with van der Waals surface area (Å²) < 4.78 is 0. The minimum absolute atomic E-state index is 0.281. The predicted octanol–water partition coefficient (Wildman–Crippen LogP) is 6.48. The molecule has 0 aliphatic rings. The van der Waals surface area contributed by atoms with E-state index in [4.69, 9.17) is 0 Å². The Labute approximate surface area is 154 Å². The Morgan fingerprint density at radius 1 is 1.08 bits per heavy atom. The number of benzene rings is 2. The zero-order chi connectivity index (χ0) is 17.4. The maximum absolute atomic E-state index is 3.53. The summed E-state index contributed by atoms with van der Waals surface area (Å²) in [4.78, 5) is 2.58. The minimum atomic E-state index is 0.281. The molecule has 0 aliphatic heterocycles. The Kier molecular flexibility index (Phi) is 7.54. The molecule has 2 rings (SSSR count). The number of para-hydroxylation sites is 1. The molecule has 0 spiro atoms. The summed E-state index contributed by atoms with van der Waals surface area (Å²) in [5.41, 5.74) is 3.74. The molecule has 0 aliphatic carbocycles. The largest absolute Gasteiger partial charge is 0.379 e. The lowest BCUT2D eigenvalue weighted by atomic mass is 10.1. The van der Waals surface area contributed by atoms with Crippen LogP contribution in [0.25, 0.3) is 4.91 Å². The summed E-state index contributed by atoms with van der Waals surface area (Å²) in [6.07, 6.45) is 10.8. The fraction of sp³-hybridized carbons (Fsp3) is 0.238. The van der Waals surface area contributed by atoms with E-state index in [1.807, 2.05) is 0 Å². The number of anilines is 1. The van der Waals surface area contributed by atoms with Crippen molar-refractivity contribution < 1.29 is 0 Å². The summed E-state index contributed by atoms with van der Waals surface area (Å²) >= 11 is 3.56. The van der Waals surface area contributed by atoms with Crippen LogP contribution in [0.4, 0.5) is 5.69 Å². The highest BCUT2D eigenvalue weighted by Crippen LogP contribution is 2.28. The summed E-state index contributed by atoms with van der Waals surface area (Å²) in [6, 6.07) is 17.4. The minimum Gasteiger partial charge on any atom is -0.379 e. The summed E-state index contributed by atoms with van der Waals surface area (Å²) in [5, 5.41) is 3.53. The van der Waals surface area contributed by atoms with Gasteiger partial charge in [0.1, 0.15) is 0 Å².